The number of aromatic nitrogens is 3. The van der Waals surface area contributed by atoms with E-state index in [9.17, 15) is 4.79 Å². The van der Waals surface area contributed by atoms with Gasteiger partial charge in [-0.3, -0.25) is 4.79 Å². The first-order chi connectivity index (χ1) is 16.0. The van der Waals surface area contributed by atoms with Crippen molar-refractivity contribution >= 4 is 11.7 Å². The molecule has 5 rings (SSSR count). The van der Waals surface area contributed by atoms with Crippen LogP contribution in [0.1, 0.15) is 49.2 Å². The Hall–Kier alpha value is -3.02. The van der Waals surface area contributed by atoms with Gasteiger partial charge < -0.3 is 14.4 Å². The quantitative estimate of drug-likeness (QED) is 0.579. The first-order valence-electron chi connectivity index (χ1n) is 12.4. The zero-order valence-electron chi connectivity index (χ0n) is 20.1. The maximum Gasteiger partial charge on any atom is 0.225 e. The fourth-order valence-electron chi connectivity index (χ4n) is 5.53. The van der Waals surface area contributed by atoms with Gasteiger partial charge in [0.25, 0.3) is 0 Å². The minimum absolute atomic E-state index is 0.145. The van der Waals surface area contributed by atoms with E-state index in [1.54, 1.807) is 0 Å². The molecule has 2 aliphatic heterocycles. The summed E-state index contributed by atoms with van der Waals surface area (Å²) in [7, 11) is 0. The molecule has 0 bridgehead atoms. The average Bonchev–Trinajstić information content (AvgIpc) is 3.37. The van der Waals surface area contributed by atoms with Crippen LogP contribution in [0.2, 0.25) is 0 Å². The number of para-hydroxylation sites is 1. The van der Waals surface area contributed by atoms with Gasteiger partial charge in [0.05, 0.1) is 11.4 Å². The maximum atomic E-state index is 13.1. The van der Waals surface area contributed by atoms with Crippen LogP contribution in [0.3, 0.4) is 0 Å². The Morgan fingerprint density at radius 3 is 2.12 bits per heavy atom. The lowest BCUT2D eigenvalue weighted by molar-refractivity contribution is -0.137. The van der Waals surface area contributed by atoms with Crippen LogP contribution in [-0.2, 0) is 4.79 Å². The molecule has 2 saturated heterocycles. The van der Waals surface area contributed by atoms with Crippen LogP contribution in [0.15, 0.2) is 42.5 Å². The van der Waals surface area contributed by atoms with Crippen molar-refractivity contribution in [2.24, 2.45) is 5.92 Å². The smallest absolute Gasteiger partial charge is 0.225 e. The van der Waals surface area contributed by atoms with Crippen molar-refractivity contribution < 1.29 is 4.79 Å². The minimum Gasteiger partial charge on any atom is -0.355 e. The fourth-order valence-corrected chi connectivity index (χ4v) is 5.53. The lowest BCUT2D eigenvalue weighted by Crippen LogP contribution is -2.44. The van der Waals surface area contributed by atoms with Gasteiger partial charge in [-0.2, -0.15) is 5.10 Å². The molecule has 2 aliphatic rings. The molecule has 3 aromatic rings. The number of hydrogen-bond donors (Lipinski definition) is 0. The first kappa shape index (κ1) is 21.8. The molecule has 4 heterocycles. The number of rotatable bonds is 4. The van der Waals surface area contributed by atoms with Crippen LogP contribution in [0.5, 0.6) is 0 Å². The van der Waals surface area contributed by atoms with E-state index in [0.29, 0.717) is 5.91 Å². The van der Waals surface area contributed by atoms with Gasteiger partial charge in [0.1, 0.15) is 5.69 Å². The highest BCUT2D eigenvalue weighted by molar-refractivity contribution is 5.79. The molecule has 2 fully saturated rings. The summed E-state index contributed by atoms with van der Waals surface area (Å²) in [5.74, 6) is 1.65. The standard InChI is InChI=1S/C27H35N5O/c1-20-12-13-21(2)31(20)25-22(3)28-32(24-10-6-4-7-11-24)26(25)29-18-14-23(15-19-29)27(33)30-16-8-5-9-17-30/h4,6-7,10-13,23H,5,8-9,14-19H2,1-3H3. The van der Waals surface area contributed by atoms with Crippen LogP contribution < -0.4 is 4.90 Å². The van der Waals surface area contributed by atoms with Crippen molar-refractivity contribution in [2.75, 3.05) is 31.1 Å². The van der Waals surface area contributed by atoms with Gasteiger partial charge in [0, 0.05) is 43.5 Å². The number of likely N-dealkylation sites (tertiary alicyclic amines) is 1. The van der Waals surface area contributed by atoms with Crippen LogP contribution >= 0.6 is 0 Å². The van der Waals surface area contributed by atoms with Gasteiger partial charge in [-0.15, -0.1) is 0 Å². The number of anilines is 1. The third-order valence-corrected chi connectivity index (χ3v) is 7.31. The number of carbonyl (C=O) groups is 1. The number of aryl methyl sites for hydroxylation is 3. The molecule has 0 aliphatic carbocycles. The summed E-state index contributed by atoms with van der Waals surface area (Å²) in [6.07, 6.45) is 5.36. The summed E-state index contributed by atoms with van der Waals surface area (Å²) in [5, 5.41) is 5.00. The topological polar surface area (TPSA) is 46.3 Å². The minimum atomic E-state index is 0.145. The molecule has 0 spiro atoms. The average molecular weight is 446 g/mol. The third kappa shape index (κ3) is 4.07. The summed E-state index contributed by atoms with van der Waals surface area (Å²) < 4.78 is 4.42. The van der Waals surface area contributed by atoms with Crippen LogP contribution in [-0.4, -0.2) is 51.3 Å². The summed E-state index contributed by atoms with van der Waals surface area (Å²) in [4.78, 5) is 17.7. The third-order valence-electron chi connectivity index (χ3n) is 7.31. The summed E-state index contributed by atoms with van der Waals surface area (Å²) in [6.45, 7) is 10.0. The molecular formula is C27H35N5O. The Balaban J connectivity index is 1.48. The SMILES string of the molecule is Cc1nn(-c2ccccc2)c(N2CCC(C(=O)N3CCCCC3)CC2)c1-n1c(C)ccc1C. The van der Waals surface area contributed by atoms with Crippen molar-refractivity contribution in [3.63, 3.8) is 0 Å². The first-order valence-corrected chi connectivity index (χ1v) is 12.4. The van der Waals surface area contributed by atoms with Crippen molar-refractivity contribution in [2.45, 2.75) is 52.9 Å². The Morgan fingerprint density at radius 1 is 0.848 bits per heavy atom. The van der Waals surface area contributed by atoms with Gasteiger partial charge in [-0.05, 0) is 77.1 Å². The molecule has 6 heteroatoms. The second-order valence-electron chi connectivity index (χ2n) is 9.60. The fraction of sp³-hybridized carbons (Fsp3) is 0.481. The molecule has 6 nitrogen and oxygen atoms in total. The van der Waals surface area contributed by atoms with Gasteiger partial charge >= 0.3 is 0 Å². The van der Waals surface area contributed by atoms with Crippen LogP contribution in [0, 0.1) is 26.7 Å². The predicted molar refractivity (Wildman–Crippen MR) is 132 cm³/mol. The molecule has 0 radical (unpaired) electrons. The molecule has 0 N–H and O–H groups in total. The number of benzene rings is 1. The van der Waals surface area contributed by atoms with Crippen molar-refractivity contribution in [3.8, 4) is 11.4 Å². The van der Waals surface area contributed by atoms with Gasteiger partial charge in [0.2, 0.25) is 5.91 Å². The van der Waals surface area contributed by atoms with Crippen LogP contribution in [0.25, 0.3) is 11.4 Å². The molecule has 0 unspecified atom stereocenters. The van der Waals surface area contributed by atoms with Gasteiger partial charge in [-0.25, -0.2) is 4.68 Å². The molecule has 174 valence electrons. The van der Waals surface area contributed by atoms with E-state index < -0.39 is 0 Å². The molecular weight excluding hydrogens is 410 g/mol. The zero-order valence-corrected chi connectivity index (χ0v) is 20.1. The second kappa shape index (κ2) is 9.08. The summed E-state index contributed by atoms with van der Waals surface area (Å²) >= 11 is 0. The molecule has 1 amide bonds. The number of nitrogens with zero attached hydrogens (tertiary/aromatic N) is 5. The highest BCUT2D eigenvalue weighted by Crippen LogP contribution is 2.35. The van der Waals surface area contributed by atoms with E-state index in [-0.39, 0.29) is 5.92 Å². The predicted octanol–water partition coefficient (Wildman–Crippen LogP) is 4.82. The second-order valence-corrected chi connectivity index (χ2v) is 9.60. The van der Waals surface area contributed by atoms with Gasteiger partial charge in [-0.1, -0.05) is 18.2 Å². The van der Waals surface area contributed by atoms with Crippen molar-refractivity contribution in [1.82, 2.24) is 19.2 Å². The van der Waals surface area contributed by atoms with Crippen molar-refractivity contribution in [1.29, 1.82) is 0 Å². The van der Waals surface area contributed by atoms with Crippen molar-refractivity contribution in [3.05, 3.63) is 59.5 Å². The summed E-state index contributed by atoms with van der Waals surface area (Å²) in [6, 6.07) is 14.7. The molecule has 0 saturated carbocycles. The van der Waals surface area contributed by atoms with E-state index in [1.165, 1.54) is 17.8 Å². The molecule has 1 aromatic carbocycles. The lowest BCUT2D eigenvalue weighted by Gasteiger charge is -2.37. The van der Waals surface area contributed by atoms with E-state index in [2.05, 4.69) is 76.2 Å². The number of amides is 1. The largest absolute Gasteiger partial charge is 0.355 e. The van der Waals surface area contributed by atoms with E-state index in [4.69, 9.17) is 5.10 Å². The monoisotopic (exact) mass is 445 g/mol. The Morgan fingerprint density at radius 2 is 1.48 bits per heavy atom. The zero-order chi connectivity index (χ0) is 22.9. The van der Waals surface area contributed by atoms with Gasteiger partial charge in [0.15, 0.2) is 5.82 Å². The number of carbonyl (C=O) groups excluding carboxylic acids is 1. The highest BCUT2D eigenvalue weighted by atomic mass is 16.2. The van der Waals surface area contributed by atoms with E-state index in [0.717, 1.165) is 74.7 Å². The molecule has 2 aromatic heterocycles. The van der Waals surface area contributed by atoms with E-state index >= 15 is 0 Å². The highest BCUT2D eigenvalue weighted by Gasteiger charge is 2.32. The van der Waals surface area contributed by atoms with E-state index in [1.807, 2.05) is 6.07 Å². The van der Waals surface area contributed by atoms with Crippen LogP contribution in [0.4, 0.5) is 5.82 Å². The lowest BCUT2D eigenvalue weighted by atomic mass is 9.94. The maximum absolute atomic E-state index is 13.1. The number of piperidine rings is 2. The Bertz CT molecular complexity index is 1100. The summed E-state index contributed by atoms with van der Waals surface area (Å²) in [5.41, 5.74) is 5.65. The number of hydrogen-bond acceptors (Lipinski definition) is 3. The normalized spacial score (nSPS) is 17.5. The Kier molecular flexibility index (Phi) is 6.00. The molecule has 33 heavy (non-hydrogen) atoms. The Labute approximate surface area is 196 Å². The molecule has 0 atom stereocenters.